The molecule has 0 amide bonds. The average Bonchev–Trinajstić information content (AvgIpc) is 2.36. The van der Waals surface area contributed by atoms with Crippen molar-refractivity contribution in [1.82, 2.24) is 0 Å². The summed E-state index contributed by atoms with van der Waals surface area (Å²) in [6, 6.07) is 7.57. The summed E-state index contributed by atoms with van der Waals surface area (Å²) in [7, 11) is 0. The molecule has 2 aromatic rings. The second-order valence-electron chi connectivity index (χ2n) is 4.35. The minimum absolute atomic E-state index is 0.00192. The van der Waals surface area contributed by atoms with Crippen molar-refractivity contribution in [3.8, 4) is 5.75 Å². The second-order valence-corrected chi connectivity index (χ2v) is 4.35. The van der Waals surface area contributed by atoms with Gasteiger partial charge in [-0.05, 0) is 48.4 Å². The molecule has 0 unspecified atom stereocenters. The Balaban J connectivity index is 2.12. The summed E-state index contributed by atoms with van der Waals surface area (Å²) in [5.41, 5.74) is 1.16. The van der Waals surface area contributed by atoms with Gasteiger partial charge >= 0.3 is 5.97 Å². The molecule has 0 atom stereocenters. The first kappa shape index (κ1) is 14.0. The Bertz CT molecular complexity index is 633. The SMILES string of the molecule is Cc1cc(C(=O)O)ccc1OCc1cc(F)cc(F)c1. The molecule has 0 saturated heterocycles. The molecule has 2 rings (SSSR count). The van der Waals surface area contributed by atoms with Crippen molar-refractivity contribution in [3.05, 3.63) is 64.7 Å². The van der Waals surface area contributed by atoms with Crippen LogP contribution < -0.4 is 4.74 Å². The lowest BCUT2D eigenvalue weighted by Gasteiger charge is -2.10. The van der Waals surface area contributed by atoms with Gasteiger partial charge in [-0.15, -0.1) is 0 Å². The molecule has 0 aliphatic carbocycles. The number of hydrogen-bond donors (Lipinski definition) is 1. The Morgan fingerprint density at radius 2 is 1.80 bits per heavy atom. The number of carboxylic acid groups (broad SMARTS) is 1. The number of halogens is 2. The summed E-state index contributed by atoms with van der Waals surface area (Å²) in [5.74, 6) is -1.88. The van der Waals surface area contributed by atoms with E-state index in [1.165, 1.54) is 30.3 Å². The summed E-state index contributed by atoms with van der Waals surface area (Å²) >= 11 is 0. The van der Waals surface area contributed by atoms with E-state index in [1.54, 1.807) is 6.92 Å². The molecule has 0 spiro atoms. The number of aryl methyl sites for hydroxylation is 1. The average molecular weight is 278 g/mol. The van der Waals surface area contributed by atoms with Gasteiger partial charge in [0.15, 0.2) is 0 Å². The number of aromatic carboxylic acids is 1. The maximum atomic E-state index is 13.0. The molecule has 3 nitrogen and oxygen atoms in total. The molecular formula is C15H12F2O3. The third-order valence-electron chi connectivity index (χ3n) is 2.74. The molecule has 5 heteroatoms. The lowest BCUT2D eigenvalue weighted by Crippen LogP contribution is -2.01. The van der Waals surface area contributed by atoms with Crippen molar-refractivity contribution in [1.29, 1.82) is 0 Å². The lowest BCUT2D eigenvalue weighted by molar-refractivity contribution is 0.0696. The van der Waals surface area contributed by atoms with Crippen LogP contribution in [-0.4, -0.2) is 11.1 Å². The summed E-state index contributed by atoms with van der Waals surface area (Å²) in [6.45, 7) is 1.70. The van der Waals surface area contributed by atoms with Crippen molar-refractivity contribution in [2.75, 3.05) is 0 Å². The van der Waals surface area contributed by atoms with E-state index in [0.717, 1.165) is 6.07 Å². The van der Waals surface area contributed by atoms with Crippen LogP contribution in [-0.2, 0) is 6.61 Å². The normalized spacial score (nSPS) is 10.3. The van der Waals surface area contributed by atoms with E-state index >= 15 is 0 Å². The highest BCUT2D eigenvalue weighted by molar-refractivity contribution is 5.88. The van der Waals surface area contributed by atoms with Crippen LogP contribution in [0.5, 0.6) is 5.75 Å². The first-order valence-electron chi connectivity index (χ1n) is 5.87. The van der Waals surface area contributed by atoms with Gasteiger partial charge in [-0.2, -0.15) is 0 Å². The minimum atomic E-state index is -1.02. The van der Waals surface area contributed by atoms with E-state index in [4.69, 9.17) is 9.84 Å². The Hall–Kier alpha value is -2.43. The van der Waals surface area contributed by atoms with Crippen molar-refractivity contribution >= 4 is 5.97 Å². The van der Waals surface area contributed by atoms with Gasteiger partial charge in [0, 0.05) is 6.07 Å². The minimum Gasteiger partial charge on any atom is -0.489 e. The van der Waals surface area contributed by atoms with Crippen molar-refractivity contribution in [3.63, 3.8) is 0 Å². The Labute approximate surface area is 114 Å². The standard InChI is InChI=1S/C15H12F2O3/c1-9-4-11(15(18)19)2-3-14(9)20-8-10-5-12(16)7-13(17)6-10/h2-7H,8H2,1H3,(H,18,19). The summed E-state index contributed by atoms with van der Waals surface area (Å²) in [4.78, 5) is 10.8. The molecule has 0 fully saturated rings. The predicted molar refractivity (Wildman–Crippen MR) is 68.8 cm³/mol. The van der Waals surface area contributed by atoms with E-state index in [-0.39, 0.29) is 12.2 Å². The van der Waals surface area contributed by atoms with Crippen molar-refractivity contribution in [2.45, 2.75) is 13.5 Å². The zero-order valence-electron chi connectivity index (χ0n) is 10.7. The van der Waals surface area contributed by atoms with Gasteiger partial charge in [0.1, 0.15) is 24.0 Å². The smallest absolute Gasteiger partial charge is 0.335 e. The number of ether oxygens (including phenoxy) is 1. The number of rotatable bonds is 4. The van der Waals surface area contributed by atoms with Gasteiger partial charge in [0.05, 0.1) is 5.56 Å². The maximum absolute atomic E-state index is 13.0. The van der Waals surface area contributed by atoms with Crippen LogP contribution in [0.1, 0.15) is 21.5 Å². The third kappa shape index (κ3) is 3.32. The van der Waals surface area contributed by atoms with Gasteiger partial charge in [-0.1, -0.05) is 0 Å². The molecule has 0 bridgehead atoms. The summed E-state index contributed by atoms with van der Waals surface area (Å²) < 4.78 is 31.5. The topological polar surface area (TPSA) is 46.5 Å². The van der Waals surface area contributed by atoms with E-state index in [2.05, 4.69) is 0 Å². The molecule has 104 valence electrons. The molecule has 0 aliphatic heterocycles. The van der Waals surface area contributed by atoms with Crippen LogP contribution in [0.3, 0.4) is 0 Å². The molecule has 1 N–H and O–H groups in total. The Kier molecular flexibility index (Phi) is 3.98. The van der Waals surface area contributed by atoms with Gasteiger partial charge in [-0.25, -0.2) is 13.6 Å². The molecule has 0 radical (unpaired) electrons. The van der Waals surface area contributed by atoms with E-state index in [1.807, 2.05) is 0 Å². The van der Waals surface area contributed by atoms with Gasteiger partial charge in [0.25, 0.3) is 0 Å². The van der Waals surface area contributed by atoms with E-state index in [9.17, 15) is 13.6 Å². The molecule has 2 aromatic carbocycles. The fraction of sp³-hybridized carbons (Fsp3) is 0.133. The maximum Gasteiger partial charge on any atom is 0.335 e. The lowest BCUT2D eigenvalue weighted by atomic mass is 10.1. The predicted octanol–water partition coefficient (Wildman–Crippen LogP) is 3.55. The fourth-order valence-corrected chi connectivity index (χ4v) is 1.80. The van der Waals surface area contributed by atoms with Crippen molar-refractivity contribution in [2.24, 2.45) is 0 Å². The quantitative estimate of drug-likeness (QED) is 0.930. The zero-order chi connectivity index (χ0) is 14.7. The highest BCUT2D eigenvalue weighted by Crippen LogP contribution is 2.21. The Morgan fingerprint density at radius 3 is 2.35 bits per heavy atom. The molecule has 0 heterocycles. The number of benzene rings is 2. The monoisotopic (exact) mass is 278 g/mol. The number of carbonyl (C=O) groups is 1. The first-order valence-corrected chi connectivity index (χ1v) is 5.87. The first-order chi connectivity index (χ1) is 9.45. The largest absolute Gasteiger partial charge is 0.489 e. The third-order valence-corrected chi connectivity index (χ3v) is 2.74. The fourth-order valence-electron chi connectivity index (χ4n) is 1.80. The molecule has 0 aromatic heterocycles. The van der Waals surface area contributed by atoms with Gasteiger partial charge < -0.3 is 9.84 Å². The van der Waals surface area contributed by atoms with Crippen molar-refractivity contribution < 1.29 is 23.4 Å². The summed E-state index contributed by atoms with van der Waals surface area (Å²) in [5, 5.41) is 8.84. The summed E-state index contributed by atoms with van der Waals surface area (Å²) in [6.07, 6.45) is 0. The van der Waals surface area contributed by atoms with Crippen LogP contribution in [0.4, 0.5) is 8.78 Å². The molecule has 0 aliphatic rings. The van der Waals surface area contributed by atoms with Crippen LogP contribution in [0.15, 0.2) is 36.4 Å². The number of hydrogen-bond acceptors (Lipinski definition) is 2. The molecule has 20 heavy (non-hydrogen) atoms. The second kappa shape index (κ2) is 5.69. The highest BCUT2D eigenvalue weighted by Gasteiger charge is 2.07. The van der Waals surface area contributed by atoms with Crippen LogP contribution in [0.25, 0.3) is 0 Å². The van der Waals surface area contributed by atoms with Crippen LogP contribution >= 0.6 is 0 Å². The van der Waals surface area contributed by atoms with Gasteiger partial charge in [-0.3, -0.25) is 0 Å². The number of carboxylic acids is 1. The zero-order valence-corrected chi connectivity index (χ0v) is 10.7. The highest BCUT2D eigenvalue weighted by atomic mass is 19.1. The van der Waals surface area contributed by atoms with Gasteiger partial charge in [0.2, 0.25) is 0 Å². The molecular weight excluding hydrogens is 266 g/mol. The Morgan fingerprint density at radius 1 is 1.15 bits per heavy atom. The van der Waals surface area contributed by atoms with Crippen LogP contribution in [0, 0.1) is 18.6 Å². The van der Waals surface area contributed by atoms with E-state index in [0.29, 0.717) is 16.9 Å². The van der Waals surface area contributed by atoms with E-state index < -0.39 is 17.6 Å². The molecule has 0 saturated carbocycles. The van der Waals surface area contributed by atoms with Crippen LogP contribution in [0.2, 0.25) is 0 Å².